The molecule has 0 aliphatic carbocycles. The van der Waals surface area contributed by atoms with E-state index < -0.39 is 0 Å². The average Bonchev–Trinajstić information content (AvgIpc) is 2.20. The molecule has 14 heavy (non-hydrogen) atoms. The monoisotopic (exact) mass is 210 g/mol. The van der Waals surface area contributed by atoms with Crippen LogP contribution in [0.4, 0.5) is 0 Å². The van der Waals surface area contributed by atoms with E-state index in [9.17, 15) is 4.79 Å². The van der Waals surface area contributed by atoms with Crippen molar-refractivity contribution in [1.29, 1.82) is 0 Å². The van der Waals surface area contributed by atoms with E-state index in [1.165, 1.54) is 11.8 Å². The van der Waals surface area contributed by atoms with Crippen LogP contribution in [0.3, 0.4) is 0 Å². The van der Waals surface area contributed by atoms with Crippen molar-refractivity contribution in [3.05, 3.63) is 30.3 Å². The van der Waals surface area contributed by atoms with Gasteiger partial charge in [0.05, 0.1) is 6.61 Å². The van der Waals surface area contributed by atoms with Crippen molar-refractivity contribution >= 4 is 16.9 Å². The van der Waals surface area contributed by atoms with Gasteiger partial charge in [-0.25, -0.2) is 0 Å². The summed E-state index contributed by atoms with van der Waals surface area (Å²) in [5.41, 5.74) is 0. The molecule has 0 amide bonds. The Morgan fingerprint density at radius 1 is 1.36 bits per heavy atom. The van der Waals surface area contributed by atoms with Gasteiger partial charge in [-0.05, 0) is 19.1 Å². The van der Waals surface area contributed by atoms with Gasteiger partial charge in [-0.2, -0.15) is 0 Å². The fraction of sp³-hybridized carbons (Fsp3) is 0.364. The number of rotatable bonds is 5. The quantitative estimate of drug-likeness (QED) is 0.552. The second kappa shape index (κ2) is 6.62. The molecule has 1 aromatic rings. The van der Waals surface area contributed by atoms with Crippen molar-refractivity contribution in [2.75, 3.05) is 13.2 Å². The lowest BCUT2D eigenvalue weighted by Gasteiger charge is -2.00. The van der Waals surface area contributed by atoms with Crippen molar-refractivity contribution in [2.45, 2.75) is 18.2 Å². The lowest BCUT2D eigenvalue weighted by atomic mass is 10.4. The maximum absolute atomic E-state index is 11.4. The Morgan fingerprint density at radius 2 is 2.07 bits per heavy atom. The molecular weight excluding hydrogens is 196 g/mol. The molecule has 3 heteroatoms. The highest BCUT2D eigenvalue weighted by Crippen LogP contribution is 2.19. The Kier molecular flexibility index (Phi) is 5.33. The van der Waals surface area contributed by atoms with Gasteiger partial charge in [-0.1, -0.05) is 30.0 Å². The summed E-state index contributed by atoms with van der Waals surface area (Å²) < 4.78 is 5.11. The fourth-order valence-corrected chi connectivity index (χ4v) is 1.71. The van der Waals surface area contributed by atoms with Gasteiger partial charge in [0.25, 0.3) is 0 Å². The van der Waals surface area contributed by atoms with Crippen molar-refractivity contribution in [2.24, 2.45) is 0 Å². The smallest absolute Gasteiger partial charge is 0.195 e. The van der Waals surface area contributed by atoms with Gasteiger partial charge < -0.3 is 4.74 Å². The van der Waals surface area contributed by atoms with Gasteiger partial charge in [-0.15, -0.1) is 0 Å². The molecule has 0 fully saturated rings. The third-order valence-corrected chi connectivity index (χ3v) is 2.57. The molecule has 0 aromatic heterocycles. The van der Waals surface area contributed by atoms with Crippen LogP contribution < -0.4 is 0 Å². The van der Waals surface area contributed by atoms with Crippen LogP contribution in [-0.2, 0) is 9.53 Å². The largest absolute Gasteiger partial charge is 0.381 e. The zero-order chi connectivity index (χ0) is 10.2. The molecule has 0 radical (unpaired) electrons. The van der Waals surface area contributed by atoms with Crippen LogP contribution in [0.15, 0.2) is 35.2 Å². The molecule has 0 unspecified atom stereocenters. The summed E-state index contributed by atoms with van der Waals surface area (Å²) in [6.07, 6.45) is 0.480. The zero-order valence-electron chi connectivity index (χ0n) is 8.23. The predicted molar refractivity (Wildman–Crippen MR) is 58.4 cm³/mol. The lowest BCUT2D eigenvalue weighted by Crippen LogP contribution is -1.99. The second-order valence-corrected chi connectivity index (χ2v) is 3.86. The zero-order valence-corrected chi connectivity index (χ0v) is 9.05. The number of benzene rings is 1. The van der Waals surface area contributed by atoms with E-state index in [1.54, 1.807) is 0 Å². The molecule has 1 rings (SSSR count). The van der Waals surface area contributed by atoms with Crippen LogP contribution in [0.5, 0.6) is 0 Å². The molecule has 0 saturated heterocycles. The van der Waals surface area contributed by atoms with Crippen LogP contribution in [0, 0.1) is 0 Å². The Bertz CT molecular complexity index is 272. The summed E-state index contributed by atoms with van der Waals surface area (Å²) in [5.74, 6) is 0. The molecule has 0 N–H and O–H groups in total. The molecule has 0 bridgehead atoms. The Morgan fingerprint density at radius 3 is 2.71 bits per heavy atom. The van der Waals surface area contributed by atoms with Gasteiger partial charge in [0.1, 0.15) is 0 Å². The van der Waals surface area contributed by atoms with E-state index >= 15 is 0 Å². The minimum absolute atomic E-state index is 0.157. The van der Waals surface area contributed by atoms with Gasteiger partial charge in [0, 0.05) is 17.9 Å². The maximum atomic E-state index is 11.4. The summed E-state index contributed by atoms with van der Waals surface area (Å²) in [6.45, 7) is 3.12. The molecule has 2 nitrogen and oxygen atoms in total. The highest BCUT2D eigenvalue weighted by molar-refractivity contribution is 8.13. The SMILES string of the molecule is CCOCCC(=O)Sc1ccccc1. The van der Waals surface area contributed by atoms with E-state index in [0.29, 0.717) is 19.6 Å². The van der Waals surface area contributed by atoms with E-state index in [2.05, 4.69) is 0 Å². The minimum Gasteiger partial charge on any atom is -0.381 e. The van der Waals surface area contributed by atoms with Gasteiger partial charge >= 0.3 is 0 Å². The first-order valence-corrected chi connectivity index (χ1v) is 5.48. The van der Waals surface area contributed by atoms with Crippen LogP contribution in [0.2, 0.25) is 0 Å². The van der Waals surface area contributed by atoms with Crippen molar-refractivity contribution in [3.63, 3.8) is 0 Å². The molecule has 0 aliphatic rings. The fourth-order valence-electron chi connectivity index (χ4n) is 0.971. The molecular formula is C11H14O2S. The van der Waals surface area contributed by atoms with E-state index in [4.69, 9.17) is 4.74 Å². The van der Waals surface area contributed by atoms with Gasteiger partial charge in [0.2, 0.25) is 0 Å². The minimum atomic E-state index is 0.157. The Balaban J connectivity index is 2.27. The molecule has 0 aliphatic heterocycles. The Labute approximate surface area is 88.7 Å². The first-order valence-electron chi connectivity index (χ1n) is 4.66. The van der Waals surface area contributed by atoms with Crippen LogP contribution in [-0.4, -0.2) is 18.3 Å². The molecule has 0 saturated carbocycles. The highest BCUT2D eigenvalue weighted by atomic mass is 32.2. The molecule has 0 heterocycles. The summed E-state index contributed by atoms with van der Waals surface area (Å²) >= 11 is 1.28. The summed E-state index contributed by atoms with van der Waals surface area (Å²) in [6, 6.07) is 9.66. The summed E-state index contributed by atoms with van der Waals surface area (Å²) in [7, 11) is 0. The number of carbonyl (C=O) groups excluding carboxylic acids is 1. The number of hydrogen-bond donors (Lipinski definition) is 0. The molecule has 0 spiro atoms. The molecule has 1 aromatic carbocycles. The van der Waals surface area contributed by atoms with Gasteiger partial charge in [0.15, 0.2) is 5.12 Å². The maximum Gasteiger partial charge on any atom is 0.195 e. The summed E-state index contributed by atoms with van der Waals surface area (Å²) in [5, 5.41) is 0.157. The second-order valence-electron chi connectivity index (χ2n) is 2.73. The van der Waals surface area contributed by atoms with E-state index in [0.717, 1.165) is 4.90 Å². The van der Waals surface area contributed by atoms with Crippen LogP contribution in [0.25, 0.3) is 0 Å². The normalized spacial score (nSPS) is 10.1. The third kappa shape index (κ3) is 4.44. The van der Waals surface area contributed by atoms with Crippen LogP contribution in [0.1, 0.15) is 13.3 Å². The third-order valence-electron chi connectivity index (χ3n) is 1.63. The van der Waals surface area contributed by atoms with Crippen molar-refractivity contribution < 1.29 is 9.53 Å². The number of hydrogen-bond acceptors (Lipinski definition) is 3. The Hall–Kier alpha value is -0.800. The summed E-state index contributed by atoms with van der Waals surface area (Å²) in [4.78, 5) is 12.4. The first-order chi connectivity index (χ1) is 6.83. The highest BCUT2D eigenvalue weighted by Gasteiger charge is 2.03. The standard InChI is InChI=1S/C11H14O2S/c1-2-13-9-8-11(12)14-10-6-4-3-5-7-10/h3-7H,2,8-9H2,1H3. The topological polar surface area (TPSA) is 26.3 Å². The number of ether oxygens (including phenoxy) is 1. The number of thioether (sulfide) groups is 1. The average molecular weight is 210 g/mol. The number of carbonyl (C=O) groups is 1. The molecule has 76 valence electrons. The van der Waals surface area contributed by atoms with E-state index in [1.807, 2.05) is 37.3 Å². The van der Waals surface area contributed by atoms with Crippen molar-refractivity contribution in [1.82, 2.24) is 0 Å². The first kappa shape index (κ1) is 11.3. The van der Waals surface area contributed by atoms with Crippen LogP contribution >= 0.6 is 11.8 Å². The van der Waals surface area contributed by atoms with Crippen molar-refractivity contribution in [3.8, 4) is 0 Å². The lowest BCUT2D eigenvalue weighted by molar-refractivity contribution is -0.111. The van der Waals surface area contributed by atoms with E-state index in [-0.39, 0.29) is 5.12 Å². The molecule has 0 atom stereocenters. The van der Waals surface area contributed by atoms with Gasteiger partial charge in [-0.3, -0.25) is 4.79 Å². The predicted octanol–water partition coefficient (Wildman–Crippen LogP) is 2.73.